The first kappa shape index (κ1) is 18.5. The van der Waals surface area contributed by atoms with Gasteiger partial charge < -0.3 is 19.4 Å². The van der Waals surface area contributed by atoms with Crippen LogP contribution in [0.2, 0.25) is 0 Å². The number of carbonyl (C=O) groups excluding carboxylic acids is 2. The molecule has 25 heavy (non-hydrogen) atoms. The van der Waals surface area contributed by atoms with Crippen molar-refractivity contribution in [1.82, 2.24) is 5.43 Å². The van der Waals surface area contributed by atoms with Crippen molar-refractivity contribution in [3.63, 3.8) is 0 Å². The molecule has 2 aromatic carbocycles. The van der Waals surface area contributed by atoms with E-state index in [-0.39, 0.29) is 6.61 Å². The van der Waals surface area contributed by atoms with E-state index in [4.69, 9.17) is 9.47 Å². The molecule has 0 unspecified atom stereocenters. The number of carboxylic acid groups (broad SMARTS) is 1. The van der Waals surface area contributed by atoms with Crippen LogP contribution in [0.1, 0.15) is 5.56 Å². The summed E-state index contributed by atoms with van der Waals surface area (Å²) in [6, 6.07) is 13.8. The van der Waals surface area contributed by atoms with Gasteiger partial charge in [0.1, 0.15) is 18.1 Å². The van der Waals surface area contributed by atoms with Crippen LogP contribution in [0.15, 0.2) is 58.1 Å². The smallest absolute Gasteiger partial charge is 0.277 e. The monoisotopic (exact) mass is 405 g/mol. The van der Waals surface area contributed by atoms with Crippen LogP contribution in [-0.4, -0.2) is 31.3 Å². The van der Waals surface area contributed by atoms with Gasteiger partial charge in [-0.1, -0.05) is 34.1 Å². The standard InChI is InChI=1S/C17H15BrN2O5/c18-13-5-3-6-14(8-13)24-10-16(21)20-19-9-12-4-1-2-7-15(12)25-11-17(22)23/h1-9H,10-11H2,(H,20,21)(H,22,23)/p-1. The Kier molecular flexibility index (Phi) is 6.97. The zero-order valence-corrected chi connectivity index (χ0v) is 14.6. The topological polar surface area (TPSA) is 100 Å². The molecule has 2 aromatic rings. The number of halogens is 1. The minimum Gasteiger partial charge on any atom is -0.546 e. The van der Waals surface area contributed by atoms with Crippen LogP contribution in [-0.2, 0) is 9.59 Å². The molecular formula is C17H14BrN2O5-. The second-order valence-electron chi connectivity index (χ2n) is 4.74. The number of carboxylic acids is 1. The molecule has 8 heteroatoms. The lowest BCUT2D eigenvalue weighted by Crippen LogP contribution is -2.29. The van der Waals surface area contributed by atoms with Crippen molar-refractivity contribution in [2.24, 2.45) is 5.10 Å². The molecule has 0 aliphatic heterocycles. The molecule has 0 aromatic heterocycles. The highest BCUT2D eigenvalue weighted by molar-refractivity contribution is 9.10. The van der Waals surface area contributed by atoms with Crippen LogP contribution in [0, 0.1) is 0 Å². The van der Waals surface area contributed by atoms with E-state index in [2.05, 4.69) is 26.5 Å². The summed E-state index contributed by atoms with van der Waals surface area (Å²) >= 11 is 3.31. The van der Waals surface area contributed by atoms with E-state index in [0.29, 0.717) is 17.1 Å². The van der Waals surface area contributed by atoms with Crippen LogP contribution in [0.25, 0.3) is 0 Å². The average molecular weight is 406 g/mol. The van der Waals surface area contributed by atoms with E-state index in [1.54, 1.807) is 42.5 Å². The minimum atomic E-state index is -1.33. The van der Waals surface area contributed by atoms with Crippen molar-refractivity contribution in [2.75, 3.05) is 13.2 Å². The van der Waals surface area contributed by atoms with Crippen molar-refractivity contribution < 1.29 is 24.2 Å². The number of nitrogens with one attached hydrogen (secondary N) is 1. The van der Waals surface area contributed by atoms with E-state index in [1.165, 1.54) is 6.21 Å². The molecule has 0 saturated heterocycles. The Bertz CT molecular complexity index is 779. The zero-order valence-electron chi connectivity index (χ0n) is 13.0. The van der Waals surface area contributed by atoms with Crippen LogP contribution in [0.4, 0.5) is 0 Å². The number of benzene rings is 2. The molecule has 0 radical (unpaired) electrons. The SMILES string of the molecule is O=C([O-])COc1ccccc1C=NNC(=O)COc1cccc(Br)c1. The predicted octanol–water partition coefficient (Wildman–Crippen LogP) is 1.11. The molecule has 1 N–H and O–H groups in total. The fourth-order valence-corrected chi connectivity index (χ4v) is 2.15. The molecule has 0 atom stereocenters. The average Bonchev–Trinajstić information content (AvgIpc) is 2.59. The van der Waals surface area contributed by atoms with Gasteiger partial charge >= 0.3 is 0 Å². The summed E-state index contributed by atoms with van der Waals surface area (Å²) in [5.74, 6) is -0.904. The van der Waals surface area contributed by atoms with Crippen molar-refractivity contribution in [2.45, 2.75) is 0 Å². The maximum atomic E-state index is 11.7. The van der Waals surface area contributed by atoms with Gasteiger partial charge in [0.15, 0.2) is 6.61 Å². The lowest BCUT2D eigenvalue weighted by Gasteiger charge is -2.09. The van der Waals surface area contributed by atoms with Gasteiger partial charge in [-0.3, -0.25) is 4.79 Å². The Balaban J connectivity index is 1.86. The van der Waals surface area contributed by atoms with E-state index in [0.717, 1.165) is 4.47 Å². The van der Waals surface area contributed by atoms with Gasteiger partial charge in [-0.05, 0) is 30.3 Å². The number of aliphatic carboxylic acids is 1. The van der Waals surface area contributed by atoms with Crippen molar-refractivity contribution in [3.8, 4) is 11.5 Å². The Morgan fingerprint density at radius 3 is 2.68 bits per heavy atom. The summed E-state index contributed by atoms with van der Waals surface area (Å²) in [4.78, 5) is 22.2. The summed E-state index contributed by atoms with van der Waals surface area (Å²) in [7, 11) is 0. The normalized spacial score (nSPS) is 10.4. The van der Waals surface area contributed by atoms with Gasteiger partial charge in [-0.15, -0.1) is 0 Å². The van der Waals surface area contributed by atoms with Gasteiger partial charge in [-0.25, -0.2) is 5.43 Å². The number of para-hydroxylation sites is 1. The third-order valence-corrected chi connectivity index (χ3v) is 3.32. The Labute approximate surface area is 152 Å². The second-order valence-corrected chi connectivity index (χ2v) is 5.65. The molecule has 0 aliphatic carbocycles. The van der Waals surface area contributed by atoms with Gasteiger partial charge in [-0.2, -0.15) is 5.10 Å². The van der Waals surface area contributed by atoms with E-state index >= 15 is 0 Å². The Hall–Kier alpha value is -2.87. The quantitative estimate of drug-likeness (QED) is 0.523. The summed E-state index contributed by atoms with van der Waals surface area (Å²) in [6.07, 6.45) is 1.35. The second kappa shape index (κ2) is 9.43. The molecule has 0 heterocycles. The minimum absolute atomic E-state index is 0.198. The Morgan fingerprint density at radius 1 is 1.12 bits per heavy atom. The van der Waals surface area contributed by atoms with E-state index in [1.807, 2.05) is 6.07 Å². The maximum Gasteiger partial charge on any atom is 0.277 e. The molecule has 0 spiro atoms. The van der Waals surface area contributed by atoms with Crippen LogP contribution in [0.3, 0.4) is 0 Å². The molecule has 0 saturated carbocycles. The lowest BCUT2D eigenvalue weighted by atomic mass is 10.2. The molecule has 2 rings (SSSR count). The lowest BCUT2D eigenvalue weighted by molar-refractivity contribution is -0.307. The molecule has 0 fully saturated rings. The first-order chi connectivity index (χ1) is 12.0. The fraction of sp³-hybridized carbons (Fsp3) is 0.118. The highest BCUT2D eigenvalue weighted by Crippen LogP contribution is 2.17. The third-order valence-electron chi connectivity index (χ3n) is 2.82. The third kappa shape index (κ3) is 6.64. The highest BCUT2D eigenvalue weighted by Gasteiger charge is 2.03. The van der Waals surface area contributed by atoms with Gasteiger partial charge in [0.25, 0.3) is 5.91 Å². The first-order valence-corrected chi connectivity index (χ1v) is 7.96. The summed E-state index contributed by atoms with van der Waals surface area (Å²) in [6.45, 7) is -0.770. The summed E-state index contributed by atoms with van der Waals surface area (Å²) in [5, 5.41) is 14.3. The number of nitrogens with zero attached hydrogens (tertiary/aromatic N) is 1. The molecular weight excluding hydrogens is 392 g/mol. The van der Waals surface area contributed by atoms with Crippen molar-refractivity contribution in [3.05, 3.63) is 58.6 Å². The van der Waals surface area contributed by atoms with Gasteiger partial charge in [0, 0.05) is 10.0 Å². The molecule has 130 valence electrons. The largest absolute Gasteiger partial charge is 0.546 e. The summed E-state index contributed by atoms with van der Waals surface area (Å²) < 4.78 is 11.2. The van der Waals surface area contributed by atoms with Crippen molar-refractivity contribution >= 4 is 34.0 Å². The molecule has 7 nitrogen and oxygen atoms in total. The maximum absolute atomic E-state index is 11.7. The number of ether oxygens (including phenoxy) is 2. The number of rotatable bonds is 8. The van der Waals surface area contributed by atoms with Crippen LogP contribution >= 0.6 is 15.9 Å². The fourth-order valence-electron chi connectivity index (χ4n) is 1.77. The molecule has 0 aliphatic rings. The van der Waals surface area contributed by atoms with Gasteiger partial charge in [0.05, 0.1) is 12.2 Å². The zero-order chi connectivity index (χ0) is 18.1. The van der Waals surface area contributed by atoms with E-state index in [9.17, 15) is 14.7 Å². The van der Waals surface area contributed by atoms with Crippen LogP contribution in [0.5, 0.6) is 11.5 Å². The number of amides is 1. The number of hydrogen-bond donors (Lipinski definition) is 1. The predicted molar refractivity (Wildman–Crippen MR) is 92.3 cm³/mol. The first-order valence-electron chi connectivity index (χ1n) is 7.16. The highest BCUT2D eigenvalue weighted by atomic mass is 79.9. The van der Waals surface area contributed by atoms with Crippen molar-refractivity contribution in [1.29, 1.82) is 0 Å². The molecule has 0 bridgehead atoms. The van der Waals surface area contributed by atoms with Crippen LogP contribution < -0.4 is 20.0 Å². The Morgan fingerprint density at radius 2 is 1.92 bits per heavy atom. The number of hydrogen-bond acceptors (Lipinski definition) is 6. The van der Waals surface area contributed by atoms with Gasteiger partial charge in [0.2, 0.25) is 0 Å². The summed E-state index contributed by atoms with van der Waals surface area (Å²) in [5.41, 5.74) is 2.83. The molecule has 1 amide bonds. The number of carbonyl (C=O) groups is 2. The number of hydrazone groups is 1. The van der Waals surface area contributed by atoms with E-state index < -0.39 is 18.5 Å².